The summed E-state index contributed by atoms with van der Waals surface area (Å²) in [5, 5.41) is 18.6. The molecule has 6 aliphatic rings. The van der Waals surface area contributed by atoms with Crippen LogP contribution < -0.4 is 4.90 Å². The average molecular weight is 1010 g/mol. The van der Waals surface area contributed by atoms with Crippen molar-refractivity contribution in [3.63, 3.8) is 0 Å². The number of rotatable bonds is 3. The molecule has 8 rings (SSSR count). The summed E-state index contributed by atoms with van der Waals surface area (Å²) in [4.78, 5) is 29.8. The van der Waals surface area contributed by atoms with Gasteiger partial charge in [-0.2, -0.15) is 10.5 Å². The minimum atomic E-state index is -0.550. The van der Waals surface area contributed by atoms with E-state index in [0.717, 1.165) is 106 Å². The van der Waals surface area contributed by atoms with Crippen molar-refractivity contribution in [1.29, 1.82) is 10.5 Å². The van der Waals surface area contributed by atoms with Crippen LogP contribution in [0.5, 0.6) is 0 Å². The maximum absolute atomic E-state index is 15.3. The monoisotopic (exact) mass is 1010 g/mol. The summed E-state index contributed by atoms with van der Waals surface area (Å²) in [6, 6.07) is 7.37. The van der Waals surface area contributed by atoms with Crippen LogP contribution in [0.15, 0.2) is 27.8 Å². The fraction of sp³-hybridized carbons (Fsp3) is 0.592. The van der Waals surface area contributed by atoms with E-state index in [9.17, 15) is 19.2 Å². The van der Waals surface area contributed by atoms with Gasteiger partial charge in [0.2, 0.25) is 0 Å². The number of nitrogens with zero attached hydrogens (tertiary/aromatic N) is 5. The van der Waals surface area contributed by atoms with Crippen molar-refractivity contribution >= 4 is 45.0 Å². The molecular formula is C49H62BrF2N5O4Pd. The van der Waals surface area contributed by atoms with Crippen LogP contribution in [0.3, 0.4) is 0 Å². The summed E-state index contributed by atoms with van der Waals surface area (Å²) in [5.41, 5.74) is 9.85. The third-order valence-corrected chi connectivity index (χ3v) is 13.5. The van der Waals surface area contributed by atoms with Crippen LogP contribution in [-0.4, -0.2) is 72.5 Å². The van der Waals surface area contributed by atoms with Gasteiger partial charge in [-0.15, -0.1) is 0 Å². The molecule has 2 aromatic rings. The number of likely N-dealkylation sites (N-methyl/N-ethyl adjacent to an activating group) is 1. The zero-order valence-corrected chi connectivity index (χ0v) is 40.8. The average Bonchev–Trinajstić information content (AvgIpc) is 4.01. The molecule has 5 aliphatic carbocycles. The molecule has 13 heteroatoms. The second-order valence-corrected chi connectivity index (χ2v) is 20.1. The maximum atomic E-state index is 15.3. The van der Waals surface area contributed by atoms with Gasteiger partial charge in [0.05, 0.1) is 39.5 Å². The Balaban J connectivity index is 0.000000192. The molecule has 0 unspecified atom stereocenters. The summed E-state index contributed by atoms with van der Waals surface area (Å²) < 4.78 is 40.4. The normalized spacial score (nSPS) is 19.0. The number of ether oxygens (including phenoxy) is 2. The van der Waals surface area contributed by atoms with Gasteiger partial charge in [0.25, 0.3) is 0 Å². The number of carbonyl (C=O) groups is 2. The van der Waals surface area contributed by atoms with Gasteiger partial charge in [0.1, 0.15) is 22.8 Å². The van der Waals surface area contributed by atoms with Gasteiger partial charge in [-0.05, 0) is 174 Å². The van der Waals surface area contributed by atoms with E-state index in [4.69, 9.17) is 14.7 Å². The van der Waals surface area contributed by atoms with Crippen LogP contribution in [0.25, 0.3) is 11.1 Å². The molecule has 1 heterocycles. The number of hydrogen-bond donors (Lipinski definition) is 0. The summed E-state index contributed by atoms with van der Waals surface area (Å²) in [5.74, 6) is -0.650. The number of anilines is 1. The second kappa shape index (κ2) is 20.4. The third kappa shape index (κ3) is 11.1. The number of carbonyl (C=O) groups excluding carboxylic acids is 2. The van der Waals surface area contributed by atoms with E-state index < -0.39 is 5.60 Å². The Morgan fingerprint density at radius 1 is 0.710 bits per heavy atom. The van der Waals surface area contributed by atoms with E-state index in [2.05, 4.69) is 33.0 Å². The topological polar surface area (TPSA) is 110 Å². The van der Waals surface area contributed by atoms with Crippen molar-refractivity contribution in [1.82, 2.24) is 9.80 Å². The molecule has 0 radical (unpaired) electrons. The van der Waals surface area contributed by atoms with Crippen LogP contribution in [0.2, 0.25) is 0 Å². The van der Waals surface area contributed by atoms with Crippen molar-refractivity contribution in [2.45, 2.75) is 161 Å². The summed E-state index contributed by atoms with van der Waals surface area (Å²) in [6.07, 6.45) is 15.2. The first-order valence-corrected chi connectivity index (χ1v) is 22.9. The first-order chi connectivity index (χ1) is 28.8. The molecule has 0 bridgehead atoms. The fourth-order valence-electron chi connectivity index (χ4n) is 9.80. The van der Waals surface area contributed by atoms with Gasteiger partial charge in [-0.25, -0.2) is 18.4 Å². The molecule has 1 aliphatic heterocycles. The van der Waals surface area contributed by atoms with Crippen LogP contribution in [0.4, 0.5) is 24.1 Å². The fourth-order valence-corrected chi connectivity index (χ4v) is 10.4. The van der Waals surface area contributed by atoms with Crippen LogP contribution in [0.1, 0.15) is 158 Å². The predicted octanol–water partition coefficient (Wildman–Crippen LogP) is 12.2. The number of fused-ring (bicyclic) bond motifs is 4. The predicted molar refractivity (Wildman–Crippen MR) is 239 cm³/mol. The molecule has 0 spiro atoms. The first kappa shape index (κ1) is 49.3. The second-order valence-electron chi connectivity index (χ2n) is 19.3. The zero-order valence-electron chi connectivity index (χ0n) is 37.6. The number of piperidine rings is 1. The van der Waals surface area contributed by atoms with E-state index in [-0.39, 0.29) is 55.9 Å². The molecule has 0 N–H and O–H groups in total. The summed E-state index contributed by atoms with van der Waals surface area (Å²) in [6.45, 7) is 12.6. The molecule has 62 heavy (non-hydrogen) atoms. The molecule has 0 aromatic heterocycles. The number of allylic oxidation sites excluding steroid dienone is 4. The minimum absolute atomic E-state index is 0. The molecule has 1 saturated heterocycles. The van der Waals surface area contributed by atoms with E-state index in [1.165, 1.54) is 53.7 Å². The Morgan fingerprint density at radius 2 is 1.18 bits per heavy atom. The van der Waals surface area contributed by atoms with E-state index in [1.54, 1.807) is 16.8 Å². The molecule has 2 fully saturated rings. The molecule has 9 nitrogen and oxygen atoms in total. The molecule has 1 atom stereocenters. The van der Waals surface area contributed by atoms with Crippen molar-refractivity contribution < 1.29 is 48.3 Å². The van der Waals surface area contributed by atoms with Gasteiger partial charge >= 0.3 is 12.2 Å². The van der Waals surface area contributed by atoms with Gasteiger partial charge < -0.3 is 24.2 Å². The summed E-state index contributed by atoms with van der Waals surface area (Å²) in [7, 11) is 3.61. The maximum Gasteiger partial charge on any atom is 0.410 e. The van der Waals surface area contributed by atoms with Gasteiger partial charge in [0, 0.05) is 59.2 Å². The van der Waals surface area contributed by atoms with Crippen molar-refractivity contribution in [3.05, 3.63) is 72.8 Å². The number of benzene rings is 2. The smallest absolute Gasteiger partial charge is 0.410 e. The number of halogens is 3. The quantitative estimate of drug-likeness (QED) is 0.282. The largest absolute Gasteiger partial charge is 0.444 e. The number of hydrogen-bond acceptors (Lipinski definition) is 7. The molecule has 2 aromatic carbocycles. The van der Waals surface area contributed by atoms with Gasteiger partial charge in [-0.1, -0.05) is 30.4 Å². The van der Waals surface area contributed by atoms with E-state index in [0.29, 0.717) is 33.9 Å². The molecule has 1 saturated carbocycles. The Hall–Kier alpha value is -3.76. The van der Waals surface area contributed by atoms with Crippen LogP contribution in [-0.2, 0) is 42.7 Å². The van der Waals surface area contributed by atoms with E-state index in [1.807, 2.05) is 48.6 Å². The molecule has 338 valence electrons. The summed E-state index contributed by atoms with van der Waals surface area (Å²) >= 11 is 3.31. The first-order valence-electron chi connectivity index (χ1n) is 22.1. The van der Waals surface area contributed by atoms with Gasteiger partial charge in [0.15, 0.2) is 0 Å². The minimum Gasteiger partial charge on any atom is -0.444 e. The standard InChI is InChI=1S/C24H30FN3O2.C13H9BrFN.C12H23NO2.Pd/c1-24(2,3)30-23(29)27(4)17-8-6-10-28(14-17)22-20(25)12-16(13-26)19-11-15-7-5-9-18(15)21(19)22;14-13-11(15)5-8(6-16)10-4-7-2-1-3-9(7)12(10)13;1-12(2,3)15-11(14)13(4)10-8-6-5-7-9-10;/h12,17H,5-11,14H2,1-4H3;5H,1-4H2;10H,5-9H2,1-4H3;/t17-;;;/m0.../s1. The SMILES string of the molecule is CN(C(=O)OC(C)(C)C)C1CCCCC1.CN(C(=O)OC(C)(C)C)[C@H]1CCCN(c2c(F)cc(C#N)c3c2C2=C(CCC2)C3)C1.N#Cc1cc(F)c(Br)c2c1CC1=C2CCC1.[Pd]. The van der Waals surface area contributed by atoms with Crippen molar-refractivity contribution in [2.24, 2.45) is 0 Å². The molecule has 2 amide bonds. The van der Waals surface area contributed by atoms with Gasteiger partial charge in [-0.3, -0.25) is 0 Å². The van der Waals surface area contributed by atoms with Crippen molar-refractivity contribution in [3.8, 4) is 12.1 Å². The van der Waals surface area contributed by atoms with Crippen LogP contribution >= 0.6 is 15.9 Å². The Bertz CT molecular complexity index is 2190. The van der Waals surface area contributed by atoms with E-state index >= 15 is 4.39 Å². The molecular weight excluding hydrogens is 947 g/mol. The van der Waals surface area contributed by atoms with Crippen LogP contribution in [0, 0.1) is 34.3 Å². The number of nitriles is 2. The third-order valence-electron chi connectivity index (χ3n) is 12.7. The Kier molecular flexibility index (Phi) is 16.2. The number of amides is 2. The van der Waals surface area contributed by atoms with Crippen molar-refractivity contribution in [2.75, 3.05) is 32.1 Å². The Morgan fingerprint density at radius 3 is 1.69 bits per heavy atom. The zero-order chi connectivity index (χ0) is 44.4. The Labute approximate surface area is 389 Å².